The second-order valence-electron chi connectivity index (χ2n) is 4.90. The van der Waals surface area contributed by atoms with Crippen molar-refractivity contribution in [2.24, 2.45) is 11.7 Å². The number of nitrogens with two attached hydrogens (primary N) is 1. The first-order valence-electron chi connectivity index (χ1n) is 6.56. The minimum Gasteiger partial charge on any atom is -0.490 e. The highest BCUT2D eigenvalue weighted by Gasteiger charge is 2.29. The fourth-order valence-electron chi connectivity index (χ4n) is 2.50. The average Bonchev–Trinajstić information content (AvgIpc) is 2.57. The van der Waals surface area contributed by atoms with Gasteiger partial charge in [0.05, 0.1) is 26.4 Å². The Labute approximate surface area is 107 Å². The van der Waals surface area contributed by atoms with Crippen molar-refractivity contribution < 1.29 is 14.2 Å². The molecule has 0 aliphatic carbocycles. The summed E-state index contributed by atoms with van der Waals surface area (Å²) >= 11 is 0. The molecule has 0 aromatic heterocycles. The van der Waals surface area contributed by atoms with Crippen LogP contribution in [0.4, 0.5) is 0 Å². The van der Waals surface area contributed by atoms with Crippen LogP contribution >= 0.6 is 0 Å². The van der Waals surface area contributed by atoms with Crippen LogP contribution in [0.3, 0.4) is 0 Å². The Balaban J connectivity index is 1.85. The molecule has 0 amide bonds. The van der Waals surface area contributed by atoms with Gasteiger partial charge in [-0.15, -0.1) is 0 Å². The second kappa shape index (κ2) is 5.16. The lowest BCUT2D eigenvalue weighted by molar-refractivity contribution is -0.0437. The zero-order valence-electron chi connectivity index (χ0n) is 10.4. The van der Waals surface area contributed by atoms with Crippen molar-refractivity contribution >= 4 is 0 Å². The third kappa shape index (κ3) is 2.18. The molecule has 1 saturated heterocycles. The molecule has 1 unspecified atom stereocenters. The molecule has 2 heterocycles. The van der Waals surface area contributed by atoms with Gasteiger partial charge >= 0.3 is 0 Å². The van der Waals surface area contributed by atoms with E-state index >= 15 is 0 Å². The van der Waals surface area contributed by atoms with Crippen molar-refractivity contribution in [2.75, 3.05) is 33.0 Å². The van der Waals surface area contributed by atoms with Crippen molar-refractivity contribution in [3.8, 4) is 11.5 Å². The van der Waals surface area contributed by atoms with E-state index in [1.165, 1.54) is 5.56 Å². The number of rotatable bonds is 3. The van der Waals surface area contributed by atoms with Crippen LogP contribution in [0.25, 0.3) is 0 Å². The summed E-state index contributed by atoms with van der Waals surface area (Å²) < 4.78 is 16.6. The van der Waals surface area contributed by atoms with Crippen LogP contribution in [-0.2, 0) is 4.74 Å². The summed E-state index contributed by atoms with van der Waals surface area (Å²) in [7, 11) is 0. The summed E-state index contributed by atoms with van der Waals surface area (Å²) in [6.45, 7) is 3.72. The molecule has 2 N–H and O–H groups in total. The lowest BCUT2D eigenvalue weighted by Crippen LogP contribution is -2.36. The van der Waals surface area contributed by atoms with Gasteiger partial charge in [-0.2, -0.15) is 0 Å². The number of hydrogen-bond acceptors (Lipinski definition) is 4. The topological polar surface area (TPSA) is 53.7 Å². The minimum atomic E-state index is 0.357. The SMILES string of the molecule is NCC(c1ccc2c(c1)OCCCO2)C1COC1. The molecule has 1 aromatic rings. The molecule has 98 valence electrons. The molecule has 0 bridgehead atoms. The summed E-state index contributed by atoms with van der Waals surface area (Å²) in [5.74, 6) is 2.59. The van der Waals surface area contributed by atoms with Crippen LogP contribution in [0.2, 0.25) is 0 Å². The van der Waals surface area contributed by atoms with E-state index < -0.39 is 0 Å². The van der Waals surface area contributed by atoms with E-state index in [0.29, 0.717) is 18.4 Å². The predicted molar refractivity (Wildman–Crippen MR) is 68.2 cm³/mol. The average molecular weight is 249 g/mol. The molecule has 0 saturated carbocycles. The summed E-state index contributed by atoms with van der Waals surface area (Å²) in [6, 6.07) is 6.18. The number of ether oxygens (including phenoxy) is 3. The van der Waals surface area contributed by atoms with Crippen molar-refractivity contribution in [3.05, 3.63) is 23.8 Å². The van der Waals surface area contributed by atoms with Gasteiger partial charge in [0.2, 0.25) is 0 Å². The standard InChI is InChI=1S/C14H19NO3/c15-7-12(11-8-16-9-11)10-2-3-13-14(6-10)18-5-1-4-17-13/h2-3,6,11-12H,1,4-5,7-9,15H2. The van der Waals surface area contributed by atoms with Crippen LogP contribution < -0.4 is 15.2 Å². The van der Waals surface area contributed by atoms with Gasteiger partial charge in [0, 0.05) is 18.3 Å². The first-order chi connectivity index (χ1) is 8.88. The molecule has 4 nitrogen and oxygen atoms in total. The zero-order chi connectivity index (χ0) is 12.4. The Kier molecular flexibility index (Phi) is 3.39. The fourth-order valence-corrected chi connectivity index (χ4v) is 2.50. The van der Waals surface area contributed by atoms with E-state index in [9.17, 15) is 0 Å². The lowest BCUT2D eigenvalue weighted by atomic mass is 9.84. The first kappa shape index (κ1) is 11.8. The van der Waals surface area contributed by atoms with Gasteiger partial charge in [0.1, 0.15) is 0 Å². The molecule has 2 aliphatic heterocycles. The summed E-state index contributed by atoms with van der Waals surface area (Å²) in [5, 5.41) is 0. The Morgan fingerprint density at radius 1 is 1.17 bits per heavy atom. The molecule has 4 heteroatoms. The van der Waals surface area contributed by atoms with E-state index in [2.05, 4.69) is 12.1 Å². The van der Waals surface area contributed by atoms with Gasteiger partial charge in [-0.25, -0.2) is 0 Å². The minimum absolute atomic E-state index is 0.357. The van der Waals surface area contributed by atoms with Crippen molar-refractivity contribution in [3.63, 3.8) is 0 Å². The van der Waals surface area contributed by atoms with E-state index in [1.807, 2.05) is 6.07 Å². The Morgan fingerprint density at radius 2 is 1.94 bits per heavy atom. The third-order valence-electron chi connectivity index (χ3n) is 3.69. The van der Waals surface area contributed by atoms with E-state index in [-0.39, 0.29) is 0 Å². The lowest BCUT2D eigenvalue weighted by Gasteiger charge is -2.33. The molecule has 1 fully saturated rings. The normalized spacial score (nSPS) is 20.9. The maximum Gasteiger partial charge on any atom is 0.161 e. The third-order valence-corrected chi connectivity index (χ3v) is 3.69. The highest BCUT2D eigenvalue weighted by molar-refractivity contribution is 5.44. The Hall–Kier alpha value is -1.26. The quantitative estimate of drug-likeness (QED) is 0.882. The van der Waals surface area contributed by atoms with Gasteiger partial charge in [-0.3, -0.25) is 0 Å². The van der Waals surface area contributed by atoms with Gasteiger partial charge in [-0.1, -0.05) is 6.07 Å². The predicted octanol–water partition coefficient (Wildman–Crippen LogP) is 1.54. The zero-order valence-corrected chi connectivity index (χ0v) is 10.4. The van der Waals surface area contributed by atoms with E-state index in [0.717, 1.165) is 44.3 Å². The van der Waals surface area contributed by atoms with Gasteiger partial charge < -0.3 is 19.9 Å². The van der Waals surface area contributed by atoms with E-state index in [4.69, 9.17) is 19.9 Å². The Morgan fingerprint density at radius 3 is 2.61 bits per heavy atom. The van der Waals surface area contributed by atoms with Crippen LogP contribution in [0.5, 0.6) is 11.5 Å². The summed E-state index contributed by atoms with van der Waals surface area (Å²) in [5.41, 5.74) is 7.13. The van der Waals surface area contributed by atoms with Crippen molar-refractivity contribution in [2.45, 2.75) is 12.3 Å². The highest BCUT2D eigenvalue weighted by Crippen LogP contribution is 2.36. The molecule has 0 radical (unpaired) electrons. The van der Waals surface area contributed by atoms with E-state index in [1.54, 1.807) is 0 Å². The maximum atomic E-state index is 5.89. The molecule has 18 heavy (non-hydrogen) atoms. The molecular weight excluding hydrogens is 230 g/mol. The van der Waals surface area contributed by atoms with Crippen molar-refractivity contribution in [1.82, 2.24) is 0 Å². The van der Waals surface area contributed by atoms with Gasteiger partial charge in [0.25, 0.3) is 0 Å². The monoisotopic (exact) mass is 249 g/mol. The van der Waals surface area contributed by atoms with Gasteiger partial charge in [0.15, 0.2) is 11.5 Å². The summed E-state index contributed by atoms with van der Waals surface area (Å²) in [4.78, 5) is 0. The maximum absolute atomic E-state index is 5.89. The van der Waals surface area contributed by atoms with Crippen LogP contribution in [0, 0.1) is 5.92 Å². The summed E-state index contributed by atoms with van der Waals surface area (Å²) in [6.07, 6.45) is 0.931. The molecule has 1 aromatic carbocycles. The molecule has 1 atom stereocenters. The number of hydrogen-bond donors (Lipinski definition) is 1. The van der Waals surface area contributed by atoms with Crippen molar-refractivity contribution in [1.29, 1.82) is 0 Å². The molecular formula is C14H19NO3. The smallest absolute Gasteiger partial charge is 0.161 e. The number of benzene rings is 1. The Bertz CT molecular complexity index is 418. The molecule has 3 rings (SSSR count). The van der Waals surface area contributed by atoms with Crippen LogP contribution in [-0.4, -0.2) is 33.0 Å². The van der Waals surface area contributed by atoms with Gasteiger partial charge in [-0.05, 0) is 24.2 Å². The largest absolute Gasteiger partial charge is 0.490 e. The molecule has 0 spiro atoms. The molecule has 2 aliphatic rings. The number of fused-ring (bicyclic) bond motifs is 1. The fraction of sp³-hybridized carbons (Fsp3) is 0.571. The second-order valence-corrected chi connectivity index (χ2v) is 4.90. The van der Waals surface area contributed by atoms with Crippen LogP contribution in [0.1, 0.15) is 17.9 Å². The highest BCUT2D eigenvalue weighted by atomic mass is 16.5. The first-order valence-corrected chi connectivity index (χ1v) is 6.56. The van der Waals surface area contributed by atoms with Crippen LogP contribution in [0.15, 0.2) is 18.2 Å².